The minimum atomic E-state index is 0.186. The molecule has 6 rings (SSSR count). The molecule has 2 heteroatoms. The highest BCUT2D eigenvalue weighted by molar-refractivity contribution is 8.00. The summed E-state index contributed by atoms with van der Waals surface area (Å²) in [6, 6.07) is 19.3. The van der Waals surface area contributed by atoms with E-state index < -0.39 is 0 Å². The van der Waals surface area contributed by atoms with Crippen LogP contribution in [0.4, 0.5) is 0 Å². The molecule has 0 unspecified atom stereocenters. The molecule has 212 valence electrons. The third kappa shape index (κ3) is 5.18. The van der Waals surface area contributed by atoms with Crippen molar-refractivity contribution in [3.63, 3.8) is 0 Å². The van der Waals surface area contributed by atoms with Gasteiger partial charge in [0.25, 0.3) is 0 Å². The van der Waals surface area contributed by atoms with E-state index in [1.165, 1.54) is 75.6 Å². The van der Waals surface area contributed by atoms with Crippen molar-refractivity contribution in [3.05, 3.63) is 77.0 Å². The van der Waals surface area contributed by atoms with E-state index in [0.29, 0.717) is 5.92 Å². The Kier molecular flexibility index (Phi) is 6.81. The number of aryl methyl sites for hydroxylation is 2. The second kappa shape index (κ2) is 9.87. The van der Waals surface area contributed by atoms with Crippen LogP contribution in [-0.4, -0.2) is 0 Å². The molecular formula is C39H46NS+. The van der Waals surface area contributed by atoms with Crippen LogP contribution < -0.4 is 4.57 Å². The fourth-order valence-electron chi connectivity index (χ4n) is 6.96. The number of hydrogen-bond donors (Lipinski definition) is 0. The van der Waals surface area contributed by atoms with E-state index in [1.54, 1.807) is 0 Å². The highest BCUT2D eigenvalue weighted by Crippen LogP contribution is 2.53. The first-order valence-electron chi connectivity index (χ1n) is 15.3. The standard InChI is InChI=1S/C39H46NS/c1-23(2)17-25-12-14-28-24(3)34-36-35-29(15-16-40(36)10)30-19-26(21-38(4,5)6)11-13-27(30)20-33(35)41-37(34)32(31(28)18-25)22-39(7,8)9/h11-16,18-20,23H,17,21-22H2,1-10H3/q+1. The summed E-state index contributed by atoms with van der Waals surface area (Å²) in [7, 11) is 2.23. The lowest BCUT2D eigenvalue weighted by Gasteiger charge is -2.28. The first-order chi connectivity index (χ1) is 19.2. The van der Waals surface area contributed by atoms with Gasteiger partial charge in [-0.15, -0.1) is 0 Å². The monoisotopic (exact) mass is 560 g/mol. The van der Waals surface area contributed by atoms with Crippen molar-refractivity contribution in [2.45, 2.75) is 91.4 Å². The van der Waals surface area contributed by atoms with Crippen LogP contribution in [0.2, 0.25) is 0 Å². The summed E-state index contributed by atoms with van der Waals surface area (Å²) < 4.78 is 2.38. The van der Waals surface area contributed by atoms with Gasteiger partial charge < -0.3 is 0 Å². The van der Waals surface area contributed by atoms with Crippen LogP contribution in [0.15, 0.2) is 64.5 Å². The van der Waals surface area contributed by atoms with E-state index in [1.807, 2.05) is 11.8 Å². The average Bonchev–Trinajstić information content (AvgIpc) is 2.86. The molecule has 5 aromatic rings. The van der Waals surface area contributed by atoms with Crippen LogP contribution in [0, 0.1) is 23.7 Å². The Morgan fingerprint density at radius 3 is 2.12 bits per heavy atom. The molecular weight excluding hydrogens is 515 g/mol. The van der Waals surface area contributed by atoms with Gasteiger partial charge in [0.2, 0.25) is 5.69 Å². The summed E-state index contributed by atoms with van der Waals surface area (Å²) in [5.74, 6) is 0.646. The highest BCUT2D eigenvalue weighted by atomic mass is 32.2. The van der Waals surface area contributed by atoms with Crippen molar-refractivity contribution in [1.82, 2.24) is 0 Å². The normalized spacial score (nSPS) is 13.5. The summed E-state index contributed by atoms with van der Waals surface area (Å²) in [6.45, 7) is 21.1. The summed E-state index contributed by atoms with van der Waals surface area (Å²) in [5.41, 5.74) is 9.06. The Bertz CT molecular complexity index is 1840. The Labute approximate surface area is 251 Å². The van der Waals surface area contributed by atoms with Crippen LogP contribution in [0.5, 0.6) is 0 Å². The second-order valence-corrected chi connectivity index (χ2v) is 16.4. The first-order valence-corrected chi connectivity index (χ1v) is 16.2. The molecule has 0 saturated carbocycles. The van der Waals surface area contributed by atoms with Crippen LogP contribution in [0.3, 0.4) is 0 Å². The number of hydrogen-bond acceptors (Lipinski definition) is 1. The zero-order valence-electron chi connectivity index (χ0n) is 26.8. The van der Waals surface area contributed by atoms with E-state index in [9.17, 15) is 0 Å². The molecule has 0 N–H and O–H groups in total. The van der Waals surface area contributed by atoms with E-state index in [0.717, 1.165) is 19.3 Å². The van der Waals surface area contributed by atoms with E-state index in [4.69, 9.17) is 0 Å². The summed E-state index contributed by atoms with van der Waals surface area (Å²) >= 11 is 2.02. The molecule has 1 aliphatic rings. The minimum Gasteiger partial charge on any atom is -0.200 e. The predicted octanol–water partition coefficient (Wildman–Crippen LogP) is 10.8. The Balaban J connectivity index is 1.69. The van der Waals surface area contributed by atoms with Gasteiger partial charge in [-0.05, 0) is 92.8 Å². The maximum absolute atomic E-state index is 2.51. The van der Waals surface area contributed by atoms with Gasteiger partial charge in [0.05, 0.1) is 10.9 Å². The fraction of sp³-hybridized carbons (Fsp3) is 0.410. The number of nitrogens with zero attached hydrogens (tertiary/aromatic N) is 1. The molecule has 0 aliphatic carbocycles. The van der Waals surface area contributed by atoms with E-state index in [-0.39, 0.29) is 10.8 Å². The van der Waals surface area contributed by atoms with Gasteiger partial charge >= 0.3 is 0 Å². The first kappa shape index (κ1) is 28.3. The number of pyridine rings is 1. The van der Waals surface area contributed by atoms with Gasteiger partial charge in [-0.3, -0.25) is 0 Å². The van der Waals surface area contributed by atoms with Crippen LogP contribution in [0.1, 0.15) is 77.6 Å². The summed E-state index contributed by atoms with van der Waals surface area (Å²) in [6.07, 6.45) is 5.55. The van der Waals surface area contributed by atoms with E-state index in [2.05, 4.69) is 129 Å². The maximum atomic E-state index is 2.51. The molecule has 0 amide bonds. The average molecular weight is 561 g/mol. The molecule has 0 radical (unpaired) electrons. The SMILES string of the molecule is Cc1c2c(c(CC(C)(C)C)c3cc(CC(C)C)ccc13)Sc1cc3ccc(CC(C)(C)C)cc3c3cc[n+](C)c-2c13. The second-order valence-electron chi connectivity index (χ2n) is 15.4. The molecule has 0 saturated heterocycles. The van der Waals surface area contributed by atoms with Gasteiger partial charge in [-0.1, -0.05) is 104 Å². The number of fused-ring (bicyclic) bond motifs is 5. The van der Waals surface area contributed by atoms with Crippen LogP contribution >= 0.6 is 11.8 Å². The molecule has 0 spiro atoms. The number of aromatic nitrogens is 1. The zero-order chi connectivity index (χ0) is 29.4. The third-order valence-electron chi connectivity index (χ3n) is 8.49. The van der Waals surface area contributed by atoms with E-state index >= 15 is 0 Å². The Morgan fingerprint density at radius 2 is 1.44 bits per heavy atom. The molecule has 41 heavy (non-hydrogen) atoms. The fourth-order valence-corrected chi connectivity index (χ4v) is 8.33. The topological polar surface area (TPSA) is 3.88 Å². The zero-order valence-corrected chi connectivity index (χ0v) is 27.6. The van der Waals surface area contributed by atoms with Crippen molar-refractivity contribution in [2.75, 3.05) is 0 Å². The van der Waals surface area contributed by atoms with Gasteiger partial charge in [-0.2, -0.15) is 0 Å². The summed E-state index contributed by atoms with van der Waals surface area (Å²) in [4.78, 5) is 2.85. The maximum Gasteiger partial charge on any atom is 0.222 e. The van der Waals surface area contributed by atoms with Crippen LogP contribution in [0.25, 0.3) is 43.6 Å². The minimum absolute atomic E-state index is 0.186. The van der Waals surface area contributed by atoms with Gasteiger partial charge in [0, 0.05) is 21.2 Å². The highest BCUT2D eigenvalue weighted by Gasteiger charge is 2.33. The van der Waals surface area contributed by atoms with Gasteiger partial charge in [-0.25, -0.2) is 4.57 Å². The molecule has 1 aliphatic heterocycles. The van der Waals surface area contributed by atoms with Crippen molar-refractivity contribution in [3.8, 4) is 11.3 Å². The number of benzene rings is 4. The van der Waals surface area contributed by atoms with Crippen molar-refractivity contribution in [1.29, 1.82) is 0 Å². The number of rotatable bonds is 4. The predicted molar refractivity (Wildman–Crippen MR) is 179 cm³/mol. The Hall–Kier alpha value is -2.84. The largest absolute Gasteiger partial charge is 0.222 e. The smallest absolute Gasteiger partial charge is 0.200 e. The third-order valence-corrected chi connectivity index (χ3v) is 9.68. The van der Waals surface area contributed by atoms with Crippen LogP contribution in [-0.2, 0) is 26.3 Å². The molecule has 0 bridgehead atoms. The lowest BCUT2D eigenvalue weighted by Crippen LogP contribution is -2.32. The molecule has 1 aromatic heterocycles. The van der Waals surface area contributed by atoms with Gasteiger partial charge in [0.1, 0.15) is 7.05 Å². The Morgan fingerprint density at radius 1 is 0.756 bits per heavy atom. The molecule has 4 aromatic carbocycles. The lowest BCUT2D eigenvalue weighted by atomic mass is 9.82. The van der Waals surface area contributed by atoms with Crippen molar-refractivity contribution in [2.24, 2.45) is 23.8 Å². The quantitative estimate of drug-likeness (QED) is 0.153. The van der Waals surface area contributed by atoms with Crippen molar-refractivity contribution < 1.29 is 4.57 Å². The lowest BCUT2D eigenvalue weighted by molar-refractivity contribution is -0.659. The van der Waals surface area contributed by atoms with Gasteiger partial charge in [0.15, 0.2) is 6.20 Å². The molecule has 0 atom stereocenters. The molecule has 0 fully saturated rings. The molecule has 1 nitrogen and oxygen atoms in total. The summed E-state index contributed by atoms with van der Waals surface area (Å²) in [5, 5.41) is 8.37. The van der Waals surface area contributed by atoms with Crippen molar-refractivity contribution >= 4 is 44.1 Å². The molecule has 2 heterocycles.